The lowest BCUT2D eigenvalue weighted by molar-refractivity contribution is -0.163. The van der Waals surface area contributed by atoms with Crippen LogP contribution in [-0.2, 0) is 23.8 Å². The molecule has 66 heavy (non-hydrogen) atoms. The molecule has 0 spiro atoms. The van der Waals surface area contributed by atoms with E-state index in [0.29, 0.717) is 19.4 Å². The van der Waals surface area contributed by atoms with Crippen molar-refractivity contribution < 1.29 is 23.8 Å². The zero-order valence-electron chi connectivity index (χ0n) is 44.5. The summed E-state index contributed by atoms with van der Waals surface area (Å²) >= 11 is 0. The molecule has 0 N–H and O–H groups in total. The average Bonchev–Trinajstić information content (AvgIpc) is 3.32. The number of allylic oxidation sites excluding steroid dienone is 8. The maximum Gasteiger partial charge on any atom is 0.306 e. The van der Waals surface area contributed by atoms with Crippen LogP contribution in [0.15, 0.2) is 48.6 Å². The van der Waals surface area contributed by atoms with Crippen molar-refractivity contribution in [2.24, 2.45) is 0 Å². The van der Waals surface area contributed by atoms with Gasteiger partial charge in [0.1, 0.15) is 6.61 Å². The Kier molecular flexibility index (Phi) is 55.3. The predicted octanol–water partition coefficient (Wildman–Crippen LogP) is 19.9. The Morgan fingerprint density at radius 1 is 0.333 bits per heavy atom. The van der Waals surface area contributed by atoms with Gasteiger partial charge in [-0.3, -0.25) is 9.59 Å². The lowest BCUT2D eigenvalue weighted by atomic mass is 10.1. The van der Waals surface area contributed by atoms with Gasteiger partial charge < -0.3 is 14.2 Å². The fourth-order valence-electron chi connectivity index (χ4n) is 8.41. The number of ether oxygens (including phenoxy) is 3. The monoisotopic (exact) mass is 925 g/mol. The molecule has 0 aliphatic rings. The smallest absolute Gasteiger partial charge is 0.306 e. The van der Waals surface area contributed by atoms with Gasteiger partial charge in [0, 0.05) is 19.4 Å². The minimum atomic E-state index is -0.543. The molecule has 0 aromatic rings. The Morgan fingerprint density at radius 3 is 1.06 bits per heavy atom. The first-order valence-electron chi connectivity index (χ1n) is 29.2. The number of hydrogen-bond donors (Lipinski definition) is 0. The van der Waals surface area contributed by atoms with Gasteiger partial charge in [-0.15, -0.1) is 0 Å². The van der Waals surface area contributed by atoms with Crippen LogP contribution in [0.3, 0.4) is 0 Å². The van der Waals surface area contributed by atoms with Crippen LogP contribution in [0.5, 0.6) is 0 Å². The highest BCUT2D eigenvalue weighted by molar-refractivity contribution is 5.70. The van der Waals surface area contributed by atoms with E-state index in [2.05, 4.69) is 69.4 Å². The third-order valence-corrected chi connectivity index (χ3v) is 12.8. The van der Waals surface area contributed by atoms with E-state index in [4.69, 9.17) is 14.2 Å². The lowest BCUT2D eigenvalue weighted by Gasteiger charge is -2.18. The van der Waals surface area contributed by atoms with E-state index in [9.17, 15) is 9.59 Å². The van der Waals surface area contributed by atoms with Gasteiger partial charge in [0.25, 0.3) is 0 Å². The molecule has 0 aliphatic heterocycles. The van der Waals surface area contributed by atoms with Crippen molar-refractivity contribution in [2.75, 3.05) is 19.8 Å². The van der Waals surface area contributed by atoms with E-state index in [1.807, 2.05) is 0 Å². The molecule has 1 atom stereocenters. The number of carbonyl (C=O) groups is 2. The summed E-state index contributed by atoms with van der Waals surface area (Å²) in [5.41, 5.74) is 0. The van der Waals surface area contributed by atoms with Crippen molar-refractivity contribution in [3.63, 3.8) is 0 Å². The number of rotatable bonds is 54. The van der Waals surface area contributed by atoms with E-state index >= 15 is 0 Å². The van der Waals surface area contributed by atoms with Gasteiger partial charge in [0.05, 0.1) is 6.61 Å². The third-order valence-electron chi connectivity index (χ3n) is 12.8. The summed E-state index contributed by atoms with van der Waals surface area (Å²) in [4.78, 5) is 25.5. The highest BCUT2D eigenvalue weighted by Crippen LogP contribution is 2.15. The quantitative estimate of drug-likeness (QED) is 0.0345. The molecule has 0 aromatic heterocycles. The van der Waals surface area contributed by atoms with Crippen LogP contribution < -0.4 is 0 Å². The highest BCUT2D eigenvalue weighted by Gasteiger charge is 2.17. The molecule has 0 aliphatic carbocycles. The standard InChI is InChI=1S/C61H112O5/c1-4-7-10-13-16-19-22-25-27-29-30-31-33-35-38-41-44-47-50-53-56-64-57-59(66-61(63)55-52-49-46-43-40-36-24-21-18-15-12-9-6-3)58-65-60(62)54-51-48-45-42-39-37-34-32-28-26-23-20-17-14-11-8-5-2/h17,20-21,24-28,59H,4-16,18-19,22-23,29-58H2,1-3H3/b20-17-,24-21-,27-25-,28-26-. The molecule has 0 bridgehead atoms. The highest BCUT2D eigenvalue weighted by atomic mass is 16.6. The van der Waals surface area contributed by atoms with Gasteiger partial charge in [-0.2, -0.15) is 0 Å². The van der Waals surface area contributed by atoms with Crippen LogP contribution in [0.1, 0.15) is 303 Å². The fraction of sp³-hybridized carbons (Fsp3) is 0.836. The Balaban J connectivity index is 4.23. The zero-order chi connectivity index (χ0) is 47.7. The molecule has 1 unspecified atom stereocenters. The van der Waals surface area contributed by atoms with Crippen molar-refractivity contribution in [3.05, 3.63) is 48.6 Å². The summed E-state index contributed by atoms with van der Waals surface area (Å²) in [6, 6.07) is 0. The van der Waals surface area contributed by atoms with Gasteiger partial charge >= 0.3 is 11.9 Å². The molecule has 0 saturated carbocycles. The van der Waals surface area contributed by atoms with Crippen LogP contribution in [0.2, 0.25) is 0 Å². The average molecular weight is 926 g/mol. The molecule has 5 nitrogen and oxygen atoms in total. The summed E-state index contributed by atoms with van der Waals surface area (Å²) in [7, 11) is 0. The van der Waals surface area contributed by atoms with Crippen molar-refractivity contribution in [1.82, 2.24) is 0 Å². The Bertz CT molecular complexity index is 1090. The van der Waals surface area contributed by atoms with Crippen molar-refractivity contribution in [2.45, 2.75) is 309 Å². The largest absolute Gasteiger partial charge is 0.462 e. The molecule has 386 valence electrons. The van der Waals surface area contributed by atoms with E-state index in [0.717, 1.165) is 64.2 Å². The Morgan fingerprint density at radius 2 is 0.636 bits per heavy atom. The minimum Gasteiger partial charge on any atom is -0.462 e. The molecular formula is C61H112O5. The second kappa shape index (κ2) is 57.2. The first-order chi connectivity index (χ1) is 32.6. The summed E-state index contributed by atoms with van der Waals surface area (Å²) in [6.07, 6.45) is 71.3. The summed E-state index contributed by atoms with van der Waals surface area (Å²) in [5, 5.41) is 0. The molecular weight excluding hydrogens is 813 g/mol. The van der Waals surface area contributed by atoms with Gasteiger partial charge in [0.15, 0.2) is 6.10 Å². The normalized spacial score (nSPS) is 12.5. The first-order valence-corrected chi connectivity index (χ1v) is 29.2. The second-order valence-corrected chi connectivity index (χ2v) is 19.5. The maximum absolute atomic E-state index is 12.8. The minimum absolute atomic E-state index is 0.0797. The van der Waals surface area contributed by atoms with E-state index in [1.54, 1.807) is 0 Å². The summed E-state index contributed by atoms with van der Waals surface area (Å²) in [5.74, 6) is -0.404. The summed E-state index contributed by atoms with van der Waals surface area (Å²) in [6.45, 7) is 7.81. The predicted molar refractivity (Wildman–Crippen MR) is 288 cm³/mol. The number of hydrogen-bond acceptors (Lipinski definition) is 5. The van der Waals surface area contributed by atoms with Crippen LogP contribution in [0, 0.1) is 0 Å². The van der Waals surface area contributed by atoms with E-state index in [1.165, 1.54) is 205 Å². The third kappa shape index (κ3) is 54.5. The second-order valence-electron chi connectivity index (χ2n) is 19.5. The van der Waals surface area contributed by atoms with E-state index in [-0.39, 0.29) is 25.2 Å². The molecule has 0 amide bonds. The molecule has 0 radical (unpaired) electrons. The topological polar surface area (TPSA) is 61.8 Å². The van der Waals surface area contributed by atoms with Crippen LogP contribution in [-0.4, -0.2) is 37.9 Å². The molecule has 0 aromatic carbocycles. The molecule has 5 heteroatoms. The Hall–Kier alpha value is -2.14. The van der Waals surface area contributed by atoms with Crippen LogP contribution in [0.4, 0.5) is 0 Å². The molecule has 0 rings (SSSR count). The van der Waals surface area contributed by atoms with Crippen molar-refractivity contribution in [1.29, 1.82) is 0 Å². The Labute approximate surface area is 412 Å². The fourth-order valence-corrected chi connectivity index (χ4v) is 8.41. The number of carbonyl (C=O) groups excluding carboxylic acids is 2. The van der Waals surface area contributed by atoms with Crippen LogP contribution in [0.25, 0.3) is 0 Å². The van der Waals surface area contributed by atoms with Gasteiger partial charge in [-0.1, -0.05) is 236 Å². The van der Waals surface area contributed by atoms with Crippen LogP contribution >= 0.6 is 0 Å². The molecule has 0 heterocycles. The van der Waals surface area contributed by atoms with Gasteiger partial charge in [0.2, 0.25) is 0 Å². The summed E-state index contributed by atoms with van der Waals surface area (Å²) < 4.78 is 17.5. The van der Waals surface area contributed by atoms with Gasteiger partial charge in [-0.25, -0.2) is 0 Å². The maximum atomic E-state index is 12.8. The number of esters is 2. The first kappa shape index (κ1) is 63.9. The molecule has 0 saturated heterocycles. The SMILES string of the molecule is CCCCC/C=C\C/C=C\CCCCCCCCCC(=O)OCC(COCCCCCCCCCCCC/C=C\CCCCCCCC)OC(=O)CCCCCCC/C=C\CCCCCC. The van der Waals surface area contributed by atoms with Crippen molar-refractivity contribution in [3.8, 4) is 0 Å². The van der Waals surface area contributed by atoms with Crippen molar-refractivity contribution >= 4 is 11.9 Å². The lowest BCUT2D eigenvalue weighted by Crippen LogP contribution is -2.30. The molecule has 0 fully saturated rings. The zero-order valence-corrected chi connectivity index (χ0v) is 44.5. The van der Waals surface area contributed by atoms with Gasteiger partial charge in [-0.05, 0) is 103 Å². The van der Waals surface area contributed by atoms with E-state index < -0.39 is 6.10 Å². The number of unbranched alkanes of at least 4 members (excludes halogenated alkanes) is 35.